The molecule has 0 atom stereocenters. The van der Waals surface area contributed by atoms with Crippen LogP contribution in [0.2, 0.25) is 0 Å². The standard InChI is InChI=1S/C11H11NS2/c1-9-4-2-3-5-10(9)8-14-11-12-6-7-13-11/h2-7H,8H2,1H3. The molecule has 0 aliphatic carbocycles. The molecule has 1 heterocycles. The predicted octanol–water partition coefficient (Wildman–Crippen LogP) is 3.74. The lowest BCUT2D eigenvalue weighted by atomic mass is 10.1. The van der Waals surface area contributed by atoms with Crippen LogP contribution in [0.3, 0.4) is 0 Å². The molecule has 0 saturated heterocycles. The van der Waals surface area contributed by atoms with E-state index in [9.17, 15) is 0 Å². The largest absolute Gasteiger partial charge is 0.238 e. The van der Waals surface area contributed by atoms with Crippen molar-refractivity contribution in [1.82, 2.24) is 4.98 Å². The van der Waals surface area contributed by atoms with Gasteiger partial charge in [0.15, 0.2) is 0 Å². The highest BCUT2D eigenvalue weighted by Crippen LogP contribution is 2.25. The molecule has 72 valence electrons. The van der Waals surface area contributed by atoms with Crippen LogP contribution in [0, 0.1) is 6.92 Å². The molecular weight excluding hydrogens is 210 g/mol. The van der Waals surface area contributed by atoms with Crippen LogP contribution in [-0.4, -0.2) is 4.98 Å². The number of benzene rings is 1. The first-order chi connectivity index (χ1) is 6.86. The Morgan fingerprint density at radius 2 is 2.21 bits per heavy atom. The lowest BCUT2D eigenvalue weighted by Crippen LogP contribution is -1.84. The van der Waals surface area contributed by atoms with Gasteiger partial charge in [0.2, 0.25) is 0 Å². The normalized spacial score (nSPS) is 10.4. The Labute approximate surface area is 92.2 Å². The molecule has 0 N–H and O–H groups in total. The van der Waals surface area contributed by atoms with E-state index >= 15 is 0 Å². The van der Waals surface area contributed by atoms with Crippen molar-refractivity contribution in [3.63, 3.8) is 0 Å². The second-order valence-corrected chi connectivity index (χ2v) is 5.13. The Balaban J connectivity index is 2.02. The van der Waals surface area contributed by atoms with Crippen molar-refractivity contribution in [2.24, 2.45) is 0 Å². The van der Waals surface area contributed by atoms with Gasteiger partial charge in [0.05, 0.1) is 0 Å². The third kappa shape index (κ3) is 2.36. The summed E-state index contributed by atoms with van der Waals surface area (Å²) in [5.74, 6) is 1.01. The van der Waals surface area contributed by atoms with Gasteiger partial charge in [-0.25, -0.2) is 4.98 Å². The van der Waals surface area contributed by atoms with Crippen LogP contribution in [0.15, 0.2) is 40.2 Å². The Morgan fingerprint density at radius 1 is 1.36 bits per heavy atom. The summed E-state index contributed by atoms with van der Waals surface area (Å²) < 4.78 is 1.15. The number of hydrogen-bond donors (Lipinski definition) is 0. The molecule has 2 rings (SSSR count). The van der Waals surface area contributed by atoms with Gasteiger partial charge in [-0.15, -0.1) is 11.3 Å². The van der Waals surface area contributed by atoms with Crippen molar-refractivity contribution in [3.05, 3.63) is 47.0 Å². The fraction of sp³-hybridized carbons (Fsp3) is 0.182. The highest BCUT2D eigenvalue weighted by molar-refractivity contribution is 8.00. The van der Waals surface area contributed by atoms with Crippen LogP contribution in [-0.2, 0) is 5.75 Å². The first kappa shape index (κ1) is 9.74. The van der Waals surface area contributed by atoms with Crippen molar-refractivity contribution < 1.29 is 0 Å². The lowest BCUT2D eigenvalue weighted by molar-refractivity contribution is 1.24. The monoisotopic (exact) mass is 221 g/mol. The molecule has 1 nitrogen and oxygen atoms in total. The van der Waals surface area contributed by atoms with Crippen LogP contribution in [0.25, 0.3) is 0 Å². The average molecular weight is 221 g/mol. The van der Waals surface area contributed by atoms with Crippen LogP contribution >= 0.6 is 23.1 Å². The molecule has 0 fully saturated rings. The molecule has 3 heteroatoms. The first-order valence-electron chi connectivity index (χ1n) is 4.43. The molecule has 0 unspecified atom stereocenters. The molecule has 14 heavy (non-hydrogen) atoms. The zero-order chi connectivity index (χ0) is 9.80. The summed E-state index contributed by atoms with van der Waals surface area (Å²) >= 11 is 3.50. The van der Waals surface area contributed by atoms with Crippen molar-refractivity contribution in [1.29, 1.82) is 0 Å². The number of nitrogens with zero attached hydrogens (tertiary/aromatic N) is 1. The highest BCUT2D eigenvalue weighted by Gasteiger charge is 2.00. The molecule has 1 aromatic carbocycles. The fourth-order valence-corrected chi connectivity index (χ4v) is 2.91. The second kappa shape index (κ2) is 4.62. The van der Waals surface area contributed by atoms with E-state index < -0.39 is 0 Å². The van der Waals surface area contributed by atoms with Crippen LogP contribution in [0.4, 0.5) is 0 Å². The van der Waals surface area contributed by atoms with E-state index in [4.69, 9.17) is 0 Å². The third-order valence-electron chi connectivity index (χ3n) is 2.02. The molecule has 1 aromatic heterocycles. The molecule has 0 aliphatic rings. The number of thioether (sulfide) groups is 1. The molecule has 2 aromatic rings. The molecule has 0 bridgehead atoms. The maximum Gasteiger partial charge on any atom is 0.150 e. The zero-order valence-corrected chi connectivity index (χ0v) is 9.57. The van der Waals surface area contributed by atoms with Gasteiger partial charge in [-0.3, -0.25) is 0 Å². The summed E-state index contributed by atoms with van der Waals surface area (Å²) in [6.07, 6.45) is 1.85. The smallest absolute Gasteiger partial charge is 0.150 e. The Bertz CT molecular complexity index is 395. The van der Waals surface area contributed by atoms with E-state index in [1.165, 1.54) is 11.1 Å². The van der Waals surface area contributed by atoms with Crippen LogP contribution in [0.1, 0.15) is 11.1 Å². The van der Waals surface area contributed by atoms with Crippen LogP contribution in [0.5, 0.6) is 0 Å². The number of rotatable bonds is 3. The number of hydrogen-bond acceptors (Lipinski definition) is 3. The van der Waals surface area contributed by atoms with Gasteiger partial charge >= 0.3 is 0 Å². The van der Waals surface area contributed by atoms with Gasteiger partial charge in [0, 0.05) is 17.3 Å². The van der Waals surface area contributed by atoms with E-state index in [0.717, 1.165) is 10.1 Å². The van der Waals surface area contributed by atoms with Gasteiger partial charge in [-0.1, -0.05) is 36.0 Å². The summed E-state index contributed by atoms with van der Waals surface area (Å²) in [6, 6.07) is 8.49. The number of aromatic nitrogens is 1. The topological polar surface area (TPSA) is 12.9 Å². The SMILES string of the molecule is Cc1ccccc1CSc1nccs1. The van der Waals surface area contributed by atoms with Crippen molar-refractivity contribution in [3.8, 4) is 0 Å². The Hall–Kier alpha value is -0.800. The minimum atomic E-state index is 1.01. The van der Waals surface area contributed by atoms with E-state index in [-0.39, 0.29) is 0 Å². The quantitative estimate of drug-likeness (QED) is 0.732. The van der Waals surface area contributed by atoms with Crippen molar-refractivity contribution in [2.45, 2.75) is 17.0 Å². The summed E-state index contributed by atoms with van der Waals surface area (Å²) in [4.78, 5) is 4.24. The van der Waals surface area contributed by atoms with Crippen molar-refractivity contribution >= 4 is 23.1 Å². The average Bonchev–Trinajstić information content (AvgIpc) is 2.69. The minimum absolute atomic E-state index is 1.01. The van der Waals surface area contributed by atoms with E-state index in [0.29, 0.717) is 0 Å². The van der Waals surface area contributed by atoms with Gasteiger partial charge < -0.3 is 0 Å². The molecular formula is C11H11NS2. The maximum atomic E-state index is 4.24. The number of aryl methyl sites for hydroxylation is 1. The van der Waals surface area contributed by atoms with Gasteiger partial charge in [-0.05, 0) is 18.1 Å². The van der Waals surface area contributed by atoms with E-state index in [1.807, 2.05) is 11.6 Å². The maximum absolute atomic E-state index is 4.24. The molecule has 0 saturated carbocycles. The zero-order valence-electron chi connectivity index (χ0n) is 7.93. The van der Waals surface area contributed by atoms with Crippen molar-refractivity contribution in [2.75, 3.05) is 0 Å². The van der Waals surface area contributed by atoms with Gasteiger partial charge in [0.1, 0.15) is 4.34 Å². The van der Waals surface area contributed by atoms with Gasteiger partial charge in [-0.2, -0.15) is 0 Å². The molecule has 0 spiro atoms. The predicted molar refractivity (Wildman–Crippen MR) is 62.9 cm³/mol. The summed E-state index contributed by atoms with van der Waals surface area (Å²) in [5, 5.41) is 2.01. The molecule has 0 radical (unpaired) electrons. The van der Waals surface area contributed by atoms with E-state index in [2.05, 4.69) is 36.2 Å². The lowest BCUT2D eigenvalue weighted by Gasteiger charge is -2.02. The molecule has 0 amide bonds. The summed E-state index contributed by atoms with van der Waals surface area (Å²) in [5.41, 5.74) is 2.75. The Morgan fingerprint density at radius 3 is 2.93 bits per heavy atom. The third-order valence-corrected chi connectivity index (χ3v) is 4.04. The van der Waals surface area contributed by atoms with E-state index in [1.54, 1.807) is 23.1 Å². The highest BCUT2D eigenvalue weighted by atomic mass is 32.2. The second-order valence-electron chi connectivity index (χ2n) is 3.01. The van der Waals surface area contributed by atoms with Crippen LogP contribution < -0.4 is 0 Å². The number of thiazole rings is 1. The summed E-state index contributed by atoms with van der Waals surface area (Å²) in [7, 11) is 0. The summed E-state index contributed by atoms with van der Waals surface area (Å²) in [6.45, 7) is 2.15. The molecule has 0 aliphatic heterocycles. The first-order valence-corrected chi connectivity index (χ1v) is 6.29. The minimum Gasteiger partial charge on any atom is -0.238 e. The fourth-order valence-electron chi connectivity index (χ4n) is 1.19. The Kier molecular flexibility index (Phi) is 3.22. The van der Waals surface area contributed by atoms with Gasteiger partial charge in [0.25, 0.3) is 0 Å².